The van der Waals surface area contributed by atoms with E-state index in [2.05, 4.69) is 42.5 Å². The fourth-order valence-corrected chi connectivity index (χ4v) is 3.80. The van der Waals surface area contributed by atoms with Gasteiger partial charge in [0.1, 0.15) is 0 Å². The molecule has 0 spiro atoms. The third-order valence-corrected chi connectivity index (χ3v) is 5.79. The number of benzene rings is 1. The zero-order valence-corrected chi connectivity index (χ0v) is 16.0. The molecule has 1 amide bonds. The van der Waals surface area contributed by atoms with Crippen molar-refractivity contribution in [3.05, 3.63) is 41.1 Å². The molecule has 1 aromatic carbocycles. The monoisotopic (exact) mass is 355 g/mol. The summed E-state index contributed by atoms with van der Waals surface area (Å²) in [6, 6.07) is 8.11. The number of aliphatic hydroxyl groups excluding tert-OH is 1. The highest BCUT2D eigenvalue weighted by Crippen LogP contribution is 2.35. The minimum absolute atomic E-state index is 0.128. The average Bonchev–Trinajstić information content (AvgIpc) is 3.04. The molecule has 1 saturated carbocycles. The lowest BCUT2D eigenvalue weighted by Gasteiger charge is -2.35. The molecule has 1 fully saturated rings. The van der Waals surface area contributed by atoms with Crippen molar-refractivity contribution in [3.8, 4) is 11.3 Å². The Hall–Kier alpha value is -2.14. The van der Waals surface area contributed by atoms with Crippen LogP contribution >= 0.6 is 0 Å². The molecule has 3 rings (SSSR count). The zero-order chi connectivity index (χ0) is 18.7. The van der Waals surface area contributed by atoms with Crippen molar-refractivity contribution in [1.82, 2.24) is 15.1 Å². The molecule has 0 unspecified atom stereocenters. The highest BCUT2D eigenvalue weighted by molar-refractivity contribution is 5.93. The second kappa shape index (κ2) is 7.62. The number of nitrogens with one attached hydrogen (secondary N) is 1. The van der Waals surface area contributed by atoms with E-state index >= 15 is 0 Å². The molecule has 0 aliphatic heterocycles. The quantitative estimate of drug-likeness (QED) is 0.864. The van der Waals surface area contributed by atoms with Gasteiger partial charge in [0.2, 0.25) is 0 Å². The summed E-state index contributed by atoms with van der Waals surface area (Å²) in [5, 5.41) is 17.2. The molecule has 2 N–H and O–H groups in total. The van der Waals surface area contributed by atoms with Crippen molar-refractivity contribution in [2.45, 2.75) is 46.0 Å². The number of rotatable bonds is 5. The van der Waals surface area contributed by atoms with Crippen molar-refractivity contribution in [3.63, 3.8) is 0 Å². The molecular formula is C21H29N3O2. The minimum Gasteiger partial charge on any atom is -0.396 e. The van der Waals surface area contributed by atoms with E-state index in [0.29, 0.717) is 12.2 Å². The summed E-state index contributed by atoms with van der Waals surface area (Å²) >= 11 is 0. The number of nitrogens with zero attached hydrogens (tertiary/aromatic N) is 2. The summed E-state index contributed by atoms with van der Waals surface area (Å²) < 4.78 is 1.75. The van der Waals surface area contributed by atoms with Gasteiger partial charge in [0, 0.05) is 24.6 Å². The first-order valence-corrected chi connectivity index (χ1v) is 9.45. The van der Waals surface area contributed by atoms with Crippen LogP contribution in [0.5, 0.6) is 0 Å². The van der Waals surface area contributed by atoms with E-state index in [1.54, 1.807) is 4.68 Å². The Morgan fingerprint density at radius 3 is 2.58 bits per heavy atom. The number of hydrogen-bond donors (Lipinski definition) is 2. The minimum atomic E-state index is -0.172. The number of hydrogen-bond acceptors (Lipinski definition) is 3. The van der Waals surface area contributed by atoms with Gasteiger partial charge in [0.25, 0.3) is 5.91 Å². The molecule has 0 atom stereocenters. The van der Waals surface area contributed by atoms with Crippen molar-refractivity contribution in [1.29, 1.82) is 0 Å². The summed E-state index contributed by atoms with van der Waals surface area (Å²) in [7, 11) is 1.86. The van der Waals surface area contributed by atoms with Crippen molar-refractivity contribution in [2.75, 3.05) is 13.2 Å². The lowest BCUT2D eigenvalue weighted by atomic mass is 9.74. The normalized spacial score (nSPS) is 16.5. The molecule has 140 valence electrons. The number of aryl methyl sites for hydroxylation is 3. The van der Waals surface area contributed by atoms with Crippen LogP contribution in [0.25, 0.3) is 11.3 Å². The predicted molar refractivity (Wildman–Crippen MR) is 103 cm³/mol. The average molecular weight is 355 g/mol. The van der Waals surface area contributed by atoms with Gasteiger partial charge < -0.3 is 10.4 Å². The van der Waals surface area contributed by atoms with Gasteiger partial charge in [-0.25, -0.2) is 0 Å². The molecule has 26 heavy (non-hydrogen) atoms. The van der Waals surface area contributed by atoms with Crippen LogP contribution in [-0.4, -0.2) is 33.9 Å². The van der Waals surface area contributed by atoms with Gasteiger partial charge in [-0.3, -0.25) is 9.48 Å². The fourth-order valence-electron chi connectivity index (χ4n) is 3.80. The van der Waals surface area contributed by atoms with Crippen molar-refractivity contribution >= 4 is 5.91 Å². The largest absolute Gasteiger partial charge is 0.396 e. The maximum Gasteiger partial charge on any atom is 0.271 e. The van der Waals surface area contributed by atoms with Gasteiger partial charge in [0.05, 0.1) is 12.3 Å². The van der Waals surface area contributed by atoms with E-state index in [1.807, 2.05) is 13.1 Å². The van der Waals surface area contributed by atoms with Crippen molar-refractivity contribution < 1.29 is 9.90 Å². The Morgan fingerprint density at radius 1 is 1.19 bits per heavy atom. The second-order valence-corrected chi connectivity index (χ2v) is 7.74. The Morgan fingerprint density at radius 2 is 1.92 bits per heavy atom. The topological polar surface area (TPSA) is 67.2 Å². The van der Waals surface area contributed by atoms with Gasteiger partial charge in [-0.2, -0.15) is 5.10 Å². The van der Waals surface area contributed by atoms with Gasteiger partial charge in [0.15, 0.2) is 5.69 Å². The smallest absolute Gasteiger partial charge is 0.271 e. The molecule has 1 aliphatic rings. The van der Waals surface area contributed by atoms with Gasteiger partial charge in [-0.05, 0) is 49.9 Å². The van der Waals surface area contributed by atoms with E-state index < -0.39 is 0 Å². The fraction of sp³-hybridized carbons (Fsp3) is 0.524. The summed E-state index contributed by atoms with van der Waals surface area (Å²) in [4.78, 5) is 12.6. The molecule has 1 aliphatic carbocycles. The maximum absolute atomic E-state index is 12.6. The number of carbonyl (C=O) groups excluding carboxylic acids is 1. The molecule has 5 heteroatoms. The Kier molecular flexibility index (Phi) is 5.47. The lowest BCUT2D eigenvalue weighted by Crippen LogP contribution is -2.41. The third-order valence-electron chi connectivity index (χ3n) is 5.79. The third kappa shape index (κ3) is 3.83. The Labute approximate surface area is 155 Å². The van der Waals surface area contributed by atoms with Crippen LogP contribution in [0, 0.1) is 19.3 Å². The number of amides is 1. The summed E-state index contributed by atoms with van der Waals surface area (Å²) in [5.74, 6) is -0.172. The molecular weight excluding hydrogens is 326 g/mol. The van der Waals surface area contributed by atoms with E-state index in [0.717, 1.165) is 36.9 Å². The summed E-state index contributed by atoms with van der Waals surface area (Å²) in [5.41, 5.74) is 4.70. The van der Waals surface area contributed by atoms with Gasteiger partial charge >= 0.3 is 0 Å². The highest BCUT2D eigenvalue weighted by Gasteiger charge is 2.32. The lowest BCUT2D eigenvalue weighted by molar-refractivity contribution is 0.0715. The maximum atomic E-state index is 12.6. The molecule has 1 aromatic heterocycles. The van der Waals surface area contributed by atoms with Crippen LogP contribution in [0.3, 0.4) is 0 Å². The molecule has 1 heterocycles. The second-order valence-electron chi connectivity index (χ2n) is 7.74. The molecule has 0 saturated heterocycles. The van der Waals surface area contributed by atoms with Crippen LogP contribution in [0.4, 0.5) is 0 Å². The number of aromatic nitrogens is 2. The van der Waals surface area contributed by atoms with Crippen LogP contribution in [0.1, 0.15) is 53.7 Å². The molecule has 5 nitrogen and oxygen atoms in total. The van der Waals surface area contributed by atoms with Crippen molar-refractivity contribution in [2.24, 2.45) is 12.5 Å². The number of carbonyl (C=O) groups is 1. The van der Waals surface area contributed by atoms with E-state index in [-0.39, 0.29) is 17.9 Å². The van der Waals surface area contributed by atoms with Crippen LogP contribution in [0.15, 0.2) is 24.3 Å². The number of aliphatic hydroxyl groups is 1. The predicted octanol–water partition coefficient (Wildman–Crippen LogP) is 3.38. The SMILES string of the molecule is Cc1ccc(-c2cc(C(=O)NCC3(CO)CCCCC3)nn2C)cc1C. The van der Waals surface area contributed by atoms with Crippen LogP contribution < -0.4 is 5.32 Å². The Balaban J connectivity index is 1.73. The van der Waals surface area contributed by atoms with Gasteiger partial charge in [-0.15, -0.1) is 0 Å². The molecule has 0 bridgehead atoms. The van der Waals surface area contributed by atoms with Crippen LogP contribution in [-0.2, 0) is 7.05 Å². The van der Waals surface area contributed by atoms with Crippen LogP contribution in [0.2, 0.25) is 0 Å². The first-order valence-electron chi connectivity index (χ1n) is 9.45. The van der Waals surface area contributed by atoms with Gasteiger partial charge in [-0.1, -0.05) is 31.4 Å². The van der Waals surface area contributed by atoms with E-state index in [9.17, 15) is 9.90 Å². The molecule has 2 aromatic rings. The zero-order valence-electron chi connectivity index (χ0n) is 16.0. The highest BCUT2D eigenvalue weighted by atomic mass is 16.3. The summed E-state index contributed by atoms with van der Waals surface area (Å²) in [6.45, 7) is 4.81. The van der Waals surface area contributed by atoms with E-state index in [4.69, 9.17) is 0 Å². The first-order chi connectivity index (χ1) is 12.4. The van der Waals surface area contributed by atoms with E-state index in [1.165, 1.54) is 17.5 Å². The molecule has 0 radical (unpaired) electrons. The Bertz CT molecular complexity index is 789. The standard InChI is InChI=1S/C21H29N3O2/c1-15-7-8-17(11-16(15)2)19-12-18(23-24(19)3)20(26)22-13-21(14-25)9-5-4-6-10-21/h7-8,11-12,25H,4-6,9-10,13-14H2,1-3H3,(H,22,26). The first kappa shape index (κ1) is 18.6. The summed E-state index contributed by atoms with van der Waals surface area (Å²) in [6.07, 6.45) is 5.41.